The molecule has 11 rings (SSSR count). The van der Waals surface area contributed by atoms with E-state index >= 15 is 0 Å². The van der Waals surface area contributed by atoms with Crippen molar-refractivity contribution in [1.29, 1.82) is 0 Å². The summed E-state index contributed by atoms with van der Waals surface area (Å²) in [4.78, 5) is 1.54. The van der Waals surface area contributed by atoms with E-state index in [0.717, 1.165) is 6.42 Å². The third-order valence-electron chi connectivity index (χ3n) is 11.2. The van der Waals surface area contributed by atoms with E-state index in [4.69, 9.17) is 0 Å². The van der Waals surface area contributed by atoms with Crippen molar-refractivity contribution in [2.75, 3.05) is 0 Å². The SMILES string of the molecule is Cc1cc2c3c(c1)C1Cc4sc5ccccc5c4-c4cccc(c41)B3n1c3c(c4cccc-2c41)C(C)(C)c1ccccc1-3. The Bertz CT molecular complexity index is 2440. The van der Waals surface area contributed by atoms with Gasteiger partial charge in [-0.25, -0.2) is 0 Å². The molecule has 5 aromatic carbocycles. The molecule has 3 heteroatoms. The number of fused-ring (bicyclic) bond motifs is 13. The molecule has 4 heterocycles. The van der Waals surface area contributed by atoms with Gasteiger partial charge in [0, 0.05) is 59.6 Å². The second-order valence-electron chi connectivity index (χ2n) is 13.6. The standard InChI is InChI=1S/C40H28BNS/c1-21-18-28-22-12-8-14-26-36-39(23-10-4-6-15-30(23)40(36,2)3)42(38(22)26)41-31-16-9-13-25-34(31)27(29(19-21)37(28)41)20-33-35(25)24-11-5-7-17-32(24)43-33/h4-19,27H,20H2,1-3H3. The van der Waals surface area contributed by atoms with E-state index in [-0.39, 0.29) is 12.3 Å². The molecule has 0 bridgehead atoms. The van der Waals surface area contributed by atoms with E-state index in [1.807, 2.05) is 11.3 Å². The largest absolute Gasteiger partial charge is 0.375 e. The molecule has 4 aliphatic rings. The summed E-state index contributed by atoms with van der Waals surface area (Å²) >= 11 is 2.00. The highest BCUT2D eigenvalue weighted by Gasteiger charge is 2.49. The van der Waals surface area contributed by atoms with Gasteiger partial charge in [-0.3, -0.25) is 0 Å². The van der Waals surface area contributed by atoms with Gasteiger partial charge in [-0.2, -0.15) is 0 Å². The van der Waals surface area contributed by atoms with Gasteiger partial charge in [-0.1, -0.05) is 110 Å². The summed E-state index contributed by atoms with van der Waals surface area (Å²) in [7, 11) is 0. The smallest absolute Gasteiger partial charge is 0.329 e. The van der Waals surface area contributed by atoms with Crippen LogP contribution < -0.4 is 10.9 Å². The first-order valence-electron chi connectivity index (χ1n) is 15.6. The van der Waals surface area contributed by atoms with E-state index in [0.29, 0.717) is 5.92 Å². The van der Waals surface area contributed by atoms with E-state index in [1.165, 1.54) is 82.1 Å². The number of para-hydroxylation sites is 1. The van der Waals surface area contributed by atoms with E-state index < -0.39 is 0 Å². The highest BCUT2D eigenvalue weighted by molar-refractivity contribution is 7.19. The van der Waals surface area contributed by atoms with Crippen LogP contribution in [0.3, 0.4) is 0 Å². The van der Waals surface area contributed by atoms with Crippen molar-refractivity contribution < 1.29 is 0 Å². The second kappa shape index (κ2) is 7.41. The maximum Gasteiger partial charge on any atom is 0.329 e. The fraction of sp³-hybridized carbons (Fsp3) is 0.150. The molecule has 0 N–H and O–H groups in total. The van der Waals surface area contributed by atoms with Crippen molar-refractivity contribution in [1.82, 2.24) is 4.48 Å². The van der Waals surface area contributed by atoms with Crippen LogP contribution in [0.5, 0.6) is 0 Å². The van der Waals surface area contributed by atoms with E-state index in [1.54, 1.807) is 16.0 Å². The quantitative estimate of drug-likeness (QED) is 0.162. The van der Waals surface area contributed by atoms with Gasteiger partial charge < -0.3 is 4.48 Å². The highest BCUT2D eigenvalue weighted by atomic mass is 32.1. The van der Waals surface area contributed by atoms with Crippen LogP contribution in [0.2, 0.25) is 0 Å². The maximum absolute atomic E-state index is 2.78. The summed E-state index contributed by atoms with van der Waals surface area (Å²) in [5.41, 5.74) is 20.4. The minimum absolute atomic E-state index is 0.0544. The van der Waals surface area contributed by atoms with Crippen LogP contribution in [0, 0.1) is 6.92 Å². The number of benzene rings is 5. The summed E-state index contributed by atoms with van der Waals surface area (Å²) in [5, 5.41) is 2.83. The van der Waals surface area contributed by atoms with E-state index in [2.05, 4.69) is 122 Å². The molecule has 1 unspecified atom stereocenters. The van der Waals surface area contributed by atoms with Crippen LogP contribution >= 0.6 is 11.3 Å². The number of nitrogens with zero attached hydrogens (tertiary/aromatic N) is 1. The molecule has 0 radical (unpaired) electrons. The molecule has 7 aromatic rings. The van der Waals surface area contributed by atoms with Crippen molar-refractivity contribution in [3.63, 3.8) is 0 Å². The molecule has 202 valence electrons. The molecule has 2 aromatic heterocycles. The highest BCUT2D eigenvalue weighted by Crippen LogP contribution is 2.56. The zero-order chi connectivity index (χ0) is 28.4. The molecule has 1 atom stereocenters. The Kier molecular flexibility index (Phi) is 3.99. The number of hydrogen-bond acceptors (Lipinski definition) is 1. The molecule has 2 aliphatic carbocycles. The maximum atomic E-state index is 2.78. The van der Waals surface area contributed by atoms with Gasteiger partial charge in [0.1, 0.15) is 0 Å². The van der Waals surface area contributed by atoms with Gasteiger partial charge in [0.25, 0.3) is 0 Å². The zero-order valence-corrected chi connectivity index (χ0v) is 25.3. The van der Waals surface area contributed by atoms with Crippen molar-refractivity contribution in [3.8, 4) is 33.5 Å². The molecule has 0 spiro atoms. The van der Waals surface area contributed by atoms with Gasteiger partial charge in [-0.15, -0.1) is 11.3 Å². The molecule has 0 saturated carbocycles. The topological polar surface area (TPSA) is 4.93 Å². The number of aryl methyl sites for hydroxylation is 1. The molecule has 0 saturated heterocycles. The lowest BCUT2D eigenvalue weighted by Crippen LogP contribution is -2.58. The molecule has 2 aliphatic heterocycles. The third kappa shape index (κ3) is 2.53. The van der Waals surface area contributed by atoms with Crippen LogP contribution in [0.4, 0.5) is 0 Å². The zero-order valence-electron chi connectivity index (χ0n) is 24.5. The monoisotopic (exact) mass is 565 g/mol. The first kappa shape index (κ1) is 23.2. The fourth-order valence-electron chi connectivity index (χ4n) is 9.69. The normalized spacial score (nSPS) is 17.5. The molecule has 0 amide bonds. The first-order chi connectivity index (χ1) is 21.0. The number of hydrogen-bond donors (Lipinski definition) is 0. The summed E-state index contributed by atoms with van der Waals surface area (Å²) in [6.07, 6.45) is 1.08. The number of rotatable bonds is 0. The molecule has 1 nitrogen and oxygen atoms in total. The van der Waals surface area contributed by atoms with Gasteiger partial charge >= 0.3 is 6.85 Å². The van der Waals surface area contributed by atoms with Crippen molar-refractivity contribution >= 4 is 50.1 Å². The van der Waals surface area contributed by atoms with Gasteiger partial charge in [0.15, 0.2) is 0 Å². The average molecular weight is 566 g/mol. The second-order valence-corrected chi connectivity index (χ2v) is 14.8. The predicted molar refractivity (Wildman–Crippen MR) is 183 cm³/mol. The average Bonchev–Trinajstić information content (AvgIpc) is 3.64. The summed E-state index contributed by atoms with van der Waals surface area (Å²) < 4.78 is 4.19. The molecule has 43 heavy (non-hydrogen) atoms. The summed E-state index contributed by atoms with van der Waals surface area (Å²) in [6, 6.07) is 37.5. The number of thiophene rings is 1. The fourth-order valence-corrected chi connectivity index (χ4v) is 11.0. The minimum atomic E-state index is -0.0544. The van der Waals surface area contributed by atoms with Crippen molar-refractivity contribution in [2.24, 2.45) is 0 Å². The van der Waals surface area contributed by atoms with Crippen LogP contribution in [-0.2, 0) is 11.8 Å². The molecule has 0 fully saturated rings. The predicted octanol–water partition coefficient (Wildman–Crippen LogP) is 8.77. The number of aromatic nitrogens is 1. The Morgan fingerprint density at radius 2 is 1.56 bits per heavy atom. The van der Waals surface area contributed by atoms with Crippen molar-refractivity contribution in [3.05, 3.63) is 130 Å². The Labute approximate surface area is 255 Å². The molecular weight excluding hydrogens is 537 g/mol. The lowest BCUT2D eigenvalue weighted by molar-refractivity contribution is 0.666. The third-order valence-corrected chi connectivity index (χ3v) is 12.4. The Morgan fingerprint density at radius 3 is 2.49 bits per heavy atom. The summed E-state index contributed by atoms with van der Waals surface area (Å²) in [6.45, 7) is 7.32. The van der Waals surface area contributed by atoms with Crippen LogP contribution in [-0.4, -0.2) is 11.3 Å². The van der Waals surface area contributed by atoms with E-state index in [9.17, 15) is 0 Å². The summed E-state index contributed by atoms with van der Waals surface area (Å²) in [5.74, 6) is 0.379. The Hall–Kier alpha value is -4.34. The first-order valence-corrected chi connectivity index (χ1v) is 16.4. The van der Waals surface area contributed by atoms with Gasteiger partial charge in [0.05, 0.1) is 0 Å². The lowest BCUT2D eigenvalue weighted by atomic mass is 9.40. The van der Waals surface area contributed by atoms with Crippen molar-refractivity contribution in [2.45, 2.75) is 38.5 Å². The molecular formula is C40H28BNS. The Morgan fingerprint density at radius 1 is 0.791 bits per heavy atom. The van der Waals surface area contributed by atoms with Gasteiger partial charge in [-0.05, 0) is 63.7 Å². The Balaban J connectivity index is 1.33. The lowest BCUT2D eigenvalue weighted by Gasteiger charge is -2.41. The van der Waals surface area contributed by atoms with Crippen LogP contribution in [0.1, 0.15) is 52.5 Å². The van der Waals surface area contributed by atoms with Gasteiger partial charge in [0.2, 0.25) is 0 Å². The van der Waals surface area contributed by atoms with Crippen LogP contribution in [0.25, 0.3) is 54.5 Å². The van der Waals surface area contributed by atoms with Crippen LogP contribution in [0.15, 0.2) is 97.1 Å². The minimum Gasteiger partial charge on any atom is -0.375 e.